The summed E-state index contributed by atoms with van der Waals surface area (Å²) in [6.07, 6.45) is 3.08. The van der Waals surface area contributed by atoms with Gasteiger partial charge in [0.25, 0.3) is 0 Å². The number of nitrogens with one attached hydrogen (secondary N) is 2. The number of amides is 1. The fourth-order valence-corrected chi connectivity index (χ4v) is 2.69. The minimum absolute atomic E-state index is 0.00731. The molecule has 1 unspecified atom stereocenters. The van der Waals surface area contributed by atoms with Crippen LogP contribution in [0.15, 0.2) is 28.8 Å². The highest BCUT2D eigenvalue weighted by molar-refractivity contribution is 5.76. The lowest BCUT2D eigenvalue weighted by molar-refractivity contribution is -0.121. The molecule has 7 heteroatoms. The Morgan fingerprint density at radius 1 is 1.42 bits per heavy atom. The van der Waals surface area contributed by atoms with E-state index in [-0.39, 0.29) is 5.91 Å². The normalized spacial score (nSPS) is 17.0. The summed E-state index contributed by atoms with van der Waals surface area (Å²) >= 11 is 0. The first-order valence-electron chi connectivity index (χ1n) is 8.21. The molecule has 0 spiro atoms. The summed E-state index contributed by atoms with van der Waals surface area (Å²) in [5.74, 6) is 1.77. The van der Waals surface area contributed by atoms with Crippen LogP contribution in [0.5, 0.6) is 5.75 Å². The Balaban J connectivity index is 1.47. The van der Waals surface area contributed by atoms with E-state index in [9.17, 15) is 4.79 Å². The number of methoxy groups -OCH3 is 1. The van der Waals surface area contributed by atoms with Crippen LogP contribution in [-0.4, -0.2) is 42.3 Å². The molecule has 1 atom stereocenters. The van der Waals surface area contributed by atoms with Crippen molar-refractivity contribution in [1.29, 1.82) is 0 Å². The number of hydrogen-bond acceptors (Lipinski definition) is 6. The molecule has 2 aromatic rings. The van der Waals surface area contributed by atoms with E-state index in [0.717, 1.165) is 24.3 Å². The molecule has 1 aliphatic rings. The lowest BCUT2D eigenvalue weighted by Gasteiger charge is -2.10. The Morgan fingerprint density at radius 3 is 2.96 bits per heavy atom. The molecule has 0 radical (unpaired) electrons. The monoisotopic (exact) mass is 330 g/mol. The van der Waals surface area contributed by atoms with E-state index < -0.39 is 0 Å². The molecule has 1 amide bonds. The van der Waals surface area contributed by atoms with Gasteiger partial charge in [0.05, 0.1) is 7.11 Å². The summed E-state index contributed by atoms with van der Waals surface area (Å²) in [6.45, 7) is 1.72. The summed E-state index contributed by atoms with van der Waals surface area (Å²) < 4.78 is 10.3. The number of aromatic nitrogens is 2. The van der Waals surface area contributed by atoms with Gasteiger partial charge in [-0.15, -0.1) is 0 Å². The van der Waals surface area contributed by atoms with Crippen LogP contribution in [0.25, 0.3) is 11.4 Å². The molecular weight excluding hydrogens is 308 g/mol. The van der Waals surface area contributed by atoms with Gasteiger partial charge in [0.15, 0.2) is 0 Å². The zero-order valence-corrected chi connectivity index (χ0v) is 13.7. The van der Waals surface area contributed by atoms with E-state index in [0.29, 0.717) is 37.1 Å². The molecule has 1 saturated heterocycles. The summed E-state index contributed by atoms with van der Waals surface area (Å²) in [6, 6.07) is 7.83. The molecule has 2 N–H and O–H groups in total. The smallest absolute Gasteiger partial charge is 0.227 e. The van der Waals surface area contributed by atoms with Crippen molar-refractivity contribution in [3.63, 3.8) is 0 Å². The molecule has 1 fully saturated rings. The number of carbonyl (C=O) groups excluding carboxylic acids is 1. The van der Waals surface area contributed by atoms with Gasteiger partial charge in [-0.1, -0.05) is 5.16 Å². The molecule has 3 rings (SSSR count). The second-order valence-electron chi connectivity index (χ2n) is 5.84. The van der Waals surface area contributed by atoms with Gasteiger partial charge in [-0.25, -0.2) is 0 Å². The molecule has 0 aliphatic carbocycles. The SMILES string of the molecule is COc1ccc(-c2noc(CCC(=O)NCC3CCCN3)n2)cc1. The second kappa shape index (κ2) is 7.92. The minimum atomic E-state index is 0.00731. The average molecular weight is 330 g/mol. The quantitative estimate of drug-likeness (QED) is 0.800. The molecule has 0 bridgehead atoms. The Labute approximate surface area is 140 Å². The number of benzene rings is 1. The first-order chi connectivity index (χ1) is 11.7. The number of aryl methyl sites for hydroxylation is 1. The first-order valence-corrected chi connectivity index (χ1v) is 8.21. The third-order valence-electron chi connectivity index (χ3n) is 4.09. The molecule has 128 valence electrons. The van der Waals surface area contributed by atoms with Crippen molar-refractivity contribution in [1.82, 2.24) is 20.8 Å². The summed E-state index contributed by atoms with van der Waals surface area (Å²) in [5, 5.41) is 10.3. The van der Waals surface area contributed by atoms with Gasteiger partial charge in [-0.2, -0.15) is 4.98 Å². The number of ether oxygens (including phenoxy) is 1. The molecule has 1 aromatic heterocycles. The highest BCUT2D eigenvalue weighted by Crippen LogP contribution is 2.19. The second-order valence-corrected chi connectivity index (χ2v) is 5.84. The lowest BCUT2D eigenvalue weighted by Crippen LogP contribution is -2.37. The van der Waals surface area contributed by atoms with Crippen molar-refractivity contribution in [2.45, 2.75) is 31.7 Å². The lowest BCUT2D eigenvalue weighted by atomic mass is 10.2. The van der Waals surface area contributed by atoms with Crippen LogP contribution in [0.1, 0.15) is 25.2 Å². The van der Waals surface area contributed by atoms with Crippen LogP contribution in [0, 0.1) is 0 Å². The number of carbonyl (C=O) groups is 1. The predicted molar refractivity (Wildman–Crippen MR) is 88.6 cm³/mol. The van der Waals surface area contributed by atoms with E-state index in [1.165, 1.54) is 6.42 Å². The third-order valence-corrected chi connectivity index (χ3v) is 4.09. The fourth-order valence-electron chi connectivity index (χ4n) is 2.69. The van der Waals surface area contributed by atoms with E-state index in [4.69, 9.17) is 9.26 Å². The van der Waals surface area contributed by atoms with Gasteiger partial charge in [0.1, 0.15) is 5.75 Å². The first kappa shape index (κ1) is 16.4. The highest BCUT2D eigenvalue weighted by atomic mass is 16.5. The standard InChI is InChI=1S/C17H22N4O3/c1-23-14-6-4-12(5-7-14)17-20-16(24-21-17)9-8-15(22)19-11-13-3-2-10-18-13/h4-7,13,18H,2-3,8-11H2,1H3,(H,19,22). The van der Waals surface area contributed by atoms with E-state index in [1.54, 1.807) is 7.11 Å². The Bertz CT molecular complexity index is 663. The highest BCUT2D eigenvalue weighted by Gasteiger charge is 2.15. The van der Waals surface area contributed by atoms with Crippen molar-refractivity contribution in [2.75, 3.05) is 20.2 Å². The number of nitrogens with zero attached hydrogens (tertiary/aromatic N) is 2. The van der Waals surface area contributed by atoms with Crippen LogP contribution < -0.4 is 15.4 Å². The molecule has 2 heterocycles. The third kappa shape index (κ3) is 4.32. The topological polar surface area (TPSA) is 89.3 Å². The maximum atomic E-state index is 11.9. The number of hydrogen-bond donors (Lipinski definition) is 2. The zero-order valence-electron chi connectivity index (χ0n) is 13.7. The van der Waals surface area contributed by atoms with Crippen molar-refractivity contribution in [3.8, 4) is 17.1 Å². The molecule has 0 saturated carbocycles. The minimum Gasteiger partial charge on any atom is -0.497 e. The predicted octanol–water partition coefficient (Wildman–Crippen LogP) is 1.55. The van der Waals surface area contributed by atoms with Crippen LogP contribution >= 0.6 is 0 Å². The summed E-state index contributed by atoms with van der Waals surface area (Å²) in [5.41, 5.74) is 0.850. The van der Waals surface area contributed by atoms with Crippen LogP contribution in [0.3, 0.4) is 0 Å². The van der Waals surface area contributed by atoms with Crippen LogP contribution in [0.4, 0.5) is 0 Å². The van der Waals surface area contributed by atoms with Crippen LogP contribution in [0.2, 0.25) is 0 Å². The van der Waals surface area contributed by atoms with Gasteiger partial charge < -0.3 is 19.9 Å². The van der Waals surface area contributed by atoms with Gasteiger partial charge in [-0.3, -0.25) is 4.79 Å². The maximum absolute atomic E-state index is 11.9. The molecular formula is C17H22N4O3. The average Bonchev–Trinajstić information content (AvgIpc) is 3.30. The fraction of sp³-hybridized carbons (Fsp3) is 0.471. The Hall–Kier alpha value is -2.41. The van der Waals surface area contributed by atoms with Crippen molar-refractivity contribution in [3.05, 3.63) is 30.2 Å². The largest absolute Gasteiger partial charge is 0.497 e. The zero-order chi connectivity index (χ0) is 16.8. The molecule has 1 aromatic carbocycles. The van der Waals surface area contributed by atoms with Crippen molar-refractivity contribution < 1.29 is 14.1 Å². The maximum Gasteiger partial charge on any atom is 0.227 e. The van der Waals surface area contributed by atoms with Gasteiger partial charge in [0.2, 0.25) is 17.6 Å². The van der Waals surface area contributed by atoms with E-state index in [1.807, 2.05) is 24.3 Å². The summed E-state index contributed by atoms with van der Waals surface area (Å²) in [4.78, 5) is 16.2. The van der Waals surface area contributed by atoms with Crippen LogP contribution in [-0.2, 0) is 11.2 Å². The van der Waals surface area contributed by atoms with Crippen molar-refractivity contribution >= 4 is 5.91 Å². The number of rotatable bonds is 7. The Kier molecular flexibility index (Phi) is 5.43. The van der Waals surface area contributed by atoms with E-state index >= 15 is 0 Å². The summed E-state index contributed by atoms with van der Waals surface area (Å²) in [7, 11) is 1.62. The van der Waals surface area contributed by atoms with Gasteiger partial charge >= 0.3 is 0 Å². The van der Waals surface area contributed by atoms with Gasteiger partial charge in [-0.05, 0) is 43.7 Å². The van der Waals surface area contributed by atoms with Gasteiger partial charge in [0, 0.05) is 31.0 Å². The van der Waals surface area contributed by atoms with E-state index in [2.05, 4.69) is 20.8 Å². The Morgan fingerprint density at radius 2 is 2.25 bits per heavy atom. The molecule has 7 nitrogen and oxygen atoms in total. The molecule has 1 aliphatic heterocycles. The molecule has 24 heavy (non-hydrogen) atoms. The van der Waals surface area contributed by atoms with Crippen molar-refractivity contribution in [2.24, 2.45) is 0 Å².